The standard InChI is InChI=1S/C29H34N6O2/c1-18-14-24(30)22-16-20(10-12-26(22)32-18)34-28(36)8-6-4-3-5-7-9-29(37)35-21-11-13-27-23(17-21)25(31)15-19(2)33-27/h10-17H,3-9H2,1-2H3,(H2,30,32)(H2,31,33)(H,34,36)(H,35,37). The summed E-state index contributed by atoms with van der Waals surface area (Å²) in [6.45, 7) is 3.81. The zero-order valence-electron chi connectivity index (χ0n) is 21.4. The van der Waals surface area contributed by atoms with Crippen molar-refractivity contribution in [3.05, 3.63) is 59.9 Å². The molecule has 0 spiro atoms. The third kappa shape index (κ3) is 6.94. The summed E-state index contributed by atoms with van der Waals surface area (Å²) >= 11 is 0. The van der Waals surface area contributed by atoms with Crippen LogP contribution in [-0.2, 0) is 9.59 Å². The number of anilines is 4. The van der Waals surface area contributed by atoms with Gasteiger partial charge in [-0.15, -0.1) is 0 Å². The van der Waals surface area contributed by atoms with Gasteiger partial charge in [-0.3, -0.25) is 19.6 Å². The molecule has 0 radical (unpaired) electrons. The molecule has 4 aromatic rings. The Hall–Kier alpha value is -4.20. The van der Waals surface area contributed by atoms with Gasteiger partial charge in [-0.25, -0.2) is 0 Å². The summed E-state index contributed by atoms with van der Waals surface area (Å²) in [5, 5.41) is 7.57. The molecular weight excluding hydrogens is 464 g/mol. The number of amides is 2. The van der Waals surface area contributed by atoms with Crippen LogP contribution in [0.1, 0.15) is 56.3 Å². The lowest BCUT2D eigenvalue weighted by atomic mass is 10.1. The van der Waals surface area contributed by atoms with Gasteiger partial charge in [0.05, 0.1) is 11.0 Å². The van der Waals surface area contributed by atoms with Crippen LogP contribution in [0, 0.1) is 13.8 Å². The number of nitrogens with zero attached hydrogens (tertiary/aromatic N) is 2. The van der Waals surface area contributed by atoms with Crippen LogP contribution in [0.15, 0.2) is 48.5 Å². The highest BCUT2D eigenvalue weighted by molar-refractivity contribution is 5.98. The zero-order chi connectivity index (χ0) is 26.4. The van der Waals surface area contributed by atoms with E-state index in [0.717, 1.165) is 76.7 Å². The maximum Gasteiger partial charge on any atom is 0.224 e. The van der Waals surface area contributed by atoms with Crippen molar-refractivity contribution in [3.8, 4) is 0 Å². The number of carbonyl (C=O) groups is 2. The van der Waals surface area contributed by atoms with Gasteiger partial charge in [-0.2, -0.15) is 0 Å². The first-order valence-corrected chi connectivity index (χ1v) is 12.7. The van der Waals surface area contributed by atoms with Gasteiger partial charge in [0, 0.05) is 57.8 Å². The number of aryl methyl sites for hydroxylation is 2. The Labute approximate surface area is 216 Å². The van der Waals surface area contributed by atoms with Gasteiger partial charge in [0.25, 0.3) is 0 Å². The van der Waals surface area contributed by atoms with Gasteiger partial charge in [-0.05, 0) is 75.2 Å². The molecule has 0 bridgehead atoms. The van der Waals surface area contributed by atoms with Crippen molar-refractivity contribution in [1.82, 2.24) is 9.97 Å². The lowest BCUT2D eigenvalue weighted by Crippen LogP contribution is -2.11. The summed E-state index contributed by atoms with van der Waals surface area (Å²) in [6.07, 6.45) is 5.40. The SMILES string of the molecule is Cc1cc(N)c2cc(NC(=O)CCCCCCCC(=O)Nc3ccc4nc(C)cc(N)c4c3)ccc2n1. The number of nitrogens with two attached hydrogens (primary N) is 2. The number of nitrogens with one attached hydrogen (secondary N) is 2. The third-order valence-electron chi connectivity index (χ3n) is 6.31. The fourth-order valence-electron chi connectivity index (χ4n) is 4.48. The highest BCUT2D eigenvalue weighted by atomic mass is 16.2. The number of unbranched alkanes of at least 4 members (excludes halogenated alkanes) is 4. The Kier molecular flexibility index (Phi) is 8.18. The van der Waals surface area contributed by atoms with Crippen molar-refractivity contribution in [2.24, 2.45) is 0 Å². The zero-order valence-corrected chi connectivity index (χ0v) is 21.4. The van der Waals surface area contributed by atoms with E-state index < -0.39 is 0 Å². The first-order valence-electron chi connectivity index (χ1n) is 12.7. The van der Waals surface area contributed by atoms with E-state index in [1.54, 1.807) is 0 Å². The fraction of sp³-hybridized carbons (Fsp3) is 0.310. The third-order valence-corrected chi connectivity index (χ3v) is 6.31. The number of hydrogen-bond donors (Lipinski definition) is 4. The van der Waals surface area contributed by atoms with Gasteiger partial charge >= 0.3 is 0 Å². The second-order valence-electron chi connectivity index (χ2n) is 9.53. The minimum Gasteiger partial charge on any atom is -0.398 e. The smallest absolute Gasteiger partial charge is 0.224 e. The lowest BCUT2D eigenvalue weighted by molar-refractivity contribution is -0.117. The summed E-state index contributed by atoms with van der Waals surface area (Å²) in [5.41, 5.74) is 18.3. The first kappa shape index (κ1) is 25.9. The van der Waals surface area contributed by atoms with E-state index in [9.17, 15) is 9.59 Å². The van der Waals surface area contributed by atoms with Crippen molar-refractivity contribution in [1.29, 1.82) is 0 Å². The minimum absolute atomic E-state index is 0.0150. The minimum atomic E-state index is -0.0150. The molecule has 37 heavy (non-hydrogen) atoms. The average Bonchev–Trinajstić information content (AvgIpc) is 2.84. The lowest BCUT2D eigenvalue weighted by Gasteiger charge is -2.09. The summed E-state index contributed by atoms with van der Waals surface area (Å²) in [4.78, 5) is 33.6. The molecular formula is C29H34N6O2. The van der Waals surface area contributed by atoms with E-state index in [4.69, 9.17) is 11.5 Å². The molecule has 0 aliphatic heterocycles. The van der Waals surface area contributed by atoms with Crippen LogP contribution in [0.5, 0.6) is 0 Å². The van der Waals surface area contributed by atoms with Crippen molar-refractivity contribution in [2.75, 3.05) is 22.1 Å². The number of pyridine rings is 2. The number of hydrogen-bond acceptors (Lipinski definition) is 6. The van der Waals surface area contributed by atoms with Crippen LogP contribution in [0.25, 0.3) is 21.8 Å². The van der Waals surface area contributed by atoms with Crippen molar-refractivity contribution >= 4 is 56.4 Å². The van der Waals surface area contributed by atoms with Crippen LogP contribution in [0.3, 0.4) is 0 Å². The summed E-state index contributed by atoms with van der Waals surface area (Å²) in [7, 11) is 0. The molecule has 4 rings (SSSR count). The van der Waals surface area contributed by atoms with Gasteiger partial charge in [0.2, 0.25) is 11.8 Å². The van der Waals surface area contributed by atoms with Crippen LogP contribution in [0.2, 0.25) is 0 Å². The molecule has 8 heteroatoms. The Morgan fingerprint density at radius 2 is 1.05 bits per heavy atom. The number of rotatable bonds is 10. The predicted molar refractivity (Wildman–Crippen MR) is 151 cm³/mol. The number of nitrogen functional groups attached to an aromatic ring is 2. The van der Waals surface area contributed by atoms with Gasteiger partial charge in [0.15, 0.2) is 0 Å². The highest BCUT2D eigenvalue weighted by Crippen LogP contribution is 2.25. The maximum absolute atomic E-state index is 12.3. The molecule has 0 saturated carbocycles. The van der Waals surface area contributed by atoms with Crippen molar-refractivity contribution in [2.45, 2.75) is 58.8 Å². The summed E-state index contributed by atoms with van der Waals surface area (Å²) in [6, 6.07) is 14.8. The molecule has 0 atom stereocenters. The molecule has 2 amide bonds. The van der Waals surface area contributed by atoms with Crippen LogP contribution in [0.4, 0.5) is 22.7 Å². The molecule has 0 fully saturated rings. The van der Waals surface area contributed by atoms with E-state index >= 15 is 0 Å². The van der Waals surface area contributed by atoms with E-state index in [2.05, 4.69) is 20.6 Å². The van der Waals surface area contributed by atoms with Gasteiger partial charge < -0.3 is 22.1 Å². The van der Waals surface area contributed by atoms with Crippen LogP contribution in [-0.4, -0.2) is 21.8 Å². The van der Waals surface area contributed by atoms with Crippen molar-refractivity contribution in [3.63, 3.8) is 0 Å². The van der Waals surface area contributed by atoms with Crippen molar-refractivity contribution < 1.29 is 9.59 Å². The second-order valence-corrected chi connectivity index (χ2v) is 9.53. The molecule has 0 unspecified atom stereocenters. The number of benzene rings is 2. The Morgan fingerprint density at radius 3 is 1.49 bits per heavy atom. The molecule has 2 heterocycles. The largest absolute Gasteiger partial charge is 0.398 e. The average molecular weight is 499 g/mol. The molecule has 192 valence electrons. The second kappa shape index (κ2) is 11.7. The molecule has 0 saturated heterocycles. The van der Waals surface area contributed by atoms with E-state index in [1.807, 2.05) is 62.4 Å². The summed E-state index contributed by atoms with van der Waals surface area (Å²) in [5.74, 6) is -0.0301. The monoisotopic (exact) mass is 498 g/mol. The molecule has 6 N–H and O–H groups in total. The molecule has 0 aliphatic carbocycles. The van der Waals surface area contributed by atoms with E-state index in [1.165, 1.54) is 0 Å². The van der Waals surface area contributed by atoms with Gasteiger partial charge in [0.1, 0.15) is 0 Å². The van der Waals surface area contributed by atoms with Crippen LogP contribution < -0.4 is 22.1 Å². The molecule has 8 nitrogen and oxygen atoms in total. The number of carbonyl (C=O) groups excluding carboxylic acids is 2. The van der Waals surface area contributed by atoms with E-state index in [0.29, 0.717) is 24.2 Å². The quantitative estimate of drug-likeness (QED) is 0.202. The van der Waals surface area contributed by atoms with Gasteiger partial charge in [-0.1, -0.05) is 19.3 Å². The van der Waals surface area contributed by atoms with Crippen LogP contribution >= 0.6 is 0 Å². The molecule has 2 aromatic heterocycles. The molecule has 0 aliphatic rings. The molecule has 2 aromatic carbocycles. The Bertz CT molecular complexity index is 1340. The normalized spacial score (nSPS) is 11.1. The summed E-state index contributed by atoms with van der Waals surface area (Å²) < 4.78 is 0. The topological polar surface area (TPSA) is 136 Å². The predicted octanol–water partition coefficient (Wildman–Crippen LogP) is 5.87. The number of fused-ring (bicyclic) bond motifs is 2. The highest BCUT2D eigenvalue weighted by Gasteiger charge is 2.08. The Balaban J connectivity index is 1.12. The fourth-order valence-corrected chi connectivity index (χ4v) is 4.48. The first-order chi connectivity index (χ1) is 17.8. The Morgan fingerprint density at radius 1 is 0.649 bits per heavy atom. The van der Waals surface area contributed by atoms with E-state index in [-0.39, 0.29) is 11.8 Å². The number of aromatic nitrogens is 2. The maximum atomic E-state index is 12.3.